The van der Waals surface area contributed by atoms with Crippen LogP contribution in [0, 0.1) is 0 Å². The molecule has 0 radical (unpaired) electrons. The normalized spacial score (nSPS) is 12.4. The van der Waals surface area contributed by atoms with Gasteiger partial charge in [-0.25, -0.2) is 0 Å². The smallest absolute Gasteiger partial charge is 0.0416 e. The maximum absolute atomic E-state index is 5.84. The third kappa shape index (κ3) is 4.06. The summed E-state index contributed by atoms with van der Waals surface area (Å²) in [6.45, 7) is 2.92. The fraction of sp³-hybridized carbons (Fsp3) is 0.538. The lowest BCUT2D eigenvalue weighted by molar-refractivity contribution is 0.623. The first kappa shape index (κ1) is 13.4. The average molecular weight is 238 g/mol. The summed E-state index contributed by atoms with van der Waals surface area (Å²) < 4.78 is 0. The average Bonchev–Trinajstić information content (AvgIpc) is 2.35. The van der Waals surface area contributed by atoms with Gasteiger partial charge in [-0.3, -0.25) is 0 Å². The van der Waals surface area contributed by atoms with Gasteiger partial charge in [0.2, 0.25) is 0 Å². The van der Waals surface area contributed by atoms with E-state index in [1.54, 1.807) is 0 Å². The summed E-state index contributed by atoms with van der Waals surface area (Å²) >= 11 is 1.98. The Kier molecular flexibility index (Phi) is 6.34. The number of hydrogen-bond donors (Lipinski definition) is 1. The van der Waals surface area contributed by atoms with Gasteiger partial charge in [0.05, 0.1) is 0 Å². The van der Waals surface area contributed by atoms with Crippen LogP contribution in [-0.2, 0) is 0 Å². The van der Waals surface area contributed by atoms with Gasteiger partial charge in [-0.2, -0.15) is 11.8 Å². The van der Waals surface area contributed by atoms with Crippen LogP contribution in [0.15, 0.2) is 30.3 Å². The van der Waals surface area contributed by atoms with Crippen LogP contribution in [0.25, 0.3) is 0 Å². The van der Waals surface area contributed by atoms with Crippen LogP contribution < -0.4 is 10.6 Å². The summed E-state index contributed by atoms with van der Waals surface area (Å²) in [6, 6.07) is 10.9. The van der Waals surface area contributed by atoms with Gasteiger partial charge in [0, 0.05) is 25.3 Å². The van der Waals surface area contributed by atoms with E-state index < -0.39 is 0 Å². The first-order chi connectivity index (χ1) is 7.79. The van der Waals surface area contributed by atoms with Crippen LogP contribution in [0.1, 0.15) is 13.3 Å². The van der Waals surface area contributed by atoms with Crippen molar-refractivity contribution in [2.75, 3.05) is 30.0 Å². The summed E-state index contributed by atoms with van der Waals surface area (Å²) in [5.41, 5.74) is 7.09. The Labute approximate surface area is 103 Å². The molecule has 3 heteroatoms. The molecule has 0 aliphatic rings. The Hall–Kier alpha value is -0.670. The molecule has 0 aromatic heterocycles. The van der Waals surface area contributed by atoms with Gasteiger partial charge in [0.1, 0.15) is 0 Å². The molecule has 0 spiro atoms. The molecule has 16 heavy (non-hydrogen) atoms. The predicted molar refractivity (Wildman–Crippen MR) is 75.3 cm³/mol. The molecular weight excluding hydrogens is 216 g/mol. The number of nitrogens with two attached hydrogens (primary N) is 1. The number of para-hydroxylation sites is 1. The van der Waals surface area contributed by atoms with Crippen molar-refractivity contribution < 1.29 is 0 Å². The molecule has 0 saturated heterocycles. The highest BCUT2D eigenvalue weighted by Gasteiger charge is 2.12. The largest absolute Gasteiger partial charge is 0.370 e. The number of nitrogens with zero attached hydrogens (tertiary/aromatic N) is 1. The zero-order valence-electron chi connectivity index (χ0n) is 10.2. The van der Waals surface area contributed by atoms with Crippen molar-refractivity contribution in [3.63, 3.8) is 0 Å². The van der Waals surface area contributed by atoms with Crippen molar-refractivity contribution in [3.8, 4) is 0 Å². The third-order valence-corrected chi connectivity index (χ3v) is 3.72. The Morgan fingerprint density at radius 3 is 2.56 bits per heavy atom. The van der Waals surface area contributed by atoms with Crippen LogP contribution in [0.5, 0.6) is 0 Å². The van der Waals surface area contributed by atoms with E-state index in [-0.39, 0.29) is 0 Å². The molecule has 0 saturated carbocycles. The molecule has 1 unspecified atom stereocenters. The van der Waals surface area contributed by atoms with Crippen LogP contribution >= 0.6 is 11.8 Å². The summed E-state index contributed by atoms with van der Waals surface area (Å²) in [5.74, 6) is 2.38. The summed E-state index contributed by atoms with van der Waals surface area (Å²) in [7, 11) is 2.13. The van der Waals surface area contributed by atoms with E-state index in [0.29, 0.717) is 6.04 Å². The Balaban J connectivity index is 2.52. The minimum Gasteiger partial charge on any atom is -0.370 e. The first-order valence-electron chi connectivity index (χ1n) is 5.85. The zero-order chi connectivity index (χ0) is 11.8. The molecule has 1 atom stereocenters. The van der Waals surface area contributed by atoms with Crippen molar-refractivity contribution in [2.45, 2.75) is 19.4 Å². The van der Waals surface area contributed by atoms with Crippen LogP contribution in [0.2, 0.25) is 0 Å². The molecule has 90 valence electrons. The number of rotatable bonds is 7. The lowest BCUT2D eigenvalue weighted by Crippen LogP contribution is -2.38. The van der Waals surface area contributed by atoms with E-state index in [1.165, 1.54) is 17.2 Å². The number of thioether (sulfide) groups is 1. The predicted octanol–water partition coefficient (Wildman–Crippen LogP) is 2.59. The monoisotopic (exact) mass is 238 g/mol. The molecule has 0 fully saturated rings. The van der Waals surface area contributed by atoms with Gasteiger partial charge in [-0.15, -0.1) is 0 Å². The number of hydrogen-bond acceptors (Lipinski definition) is 3. The molecule has 2 N–H and O–H groups in total. The number of benzene rings is 1. The van der Waals surface area contributed by atoms with Crippen LogP contribution in [0.4, 0.5) is 5.69 Å². The maximum Gasteiger partial charge on any atom is 0.0416 e. The third-order valence-electron chi connectivity index (χ3n) is 2.78. The van der Waals surface area contributed by atoms with Crippen LogP contribution in [0.3, 0.4) is 0 Å². The van der Waals surface area contributed by atoms with E-state index in [0.717, 1.165) is 13.0 Å². The van der Waals surface area contributed by atoms with Gasteiger partial charge >= 0.3 is 0 Å². The Bertz CT molecular complexity index is 277. The Morgan fingerprint density at radius 1 is 1.31 bits per heavy atom. The fourth-order valence-corrected chi connectivity index (χ4v) is 2.43. The number of likely N-dealkylation sites (N-methyl/N-ethyl adjacent to an activating group) is 1. The van der Waals surface area contributed by atoms with Gasteiger partial charge in [-0.05, 0) is 30.1 Å². The maximum atomic E-state index is 5.84. The fourth-order valence-electron chi connectivity index (χ4n) is 1.71. The van der Waals surface area contributed by atoms with Gasteiger partial charge < -0.3 is 10.6 Å². The SMILES string of the molecule is CCSCCC(CN)N(C)c1ccccc1. The summed E-state index contributed by atoms with van der Waals surface area (Å²) in [4.78, 5) is 2.29. The second-order valence-corrected chi connectivity index (χ2v) is 5.22. The summed E-state index contributed by atoms with van der Waals surface area (Å²) in [5, 5.41) is 0. The molecule has 0 amide bonds. The minimum atomic E-state index is 0.446. The highest BCUT2D eigenvalue weighted by atomic mass is 32.2. The topological polar surface area (TPSA) is 29.3 Å². The highest BCUT2D eigenvalue weighted by Crippen LogP contribution is 2.16. The molecule has 0 bridgehead atoms. The molecule has 0 aliphatic carbocycles. The van der Waals surface area contributed by atoms with E-state index in [9.17, 15) is 0 Å². The lowest BCUT2D eigenvalue weighted by Gasteiger charge is -2.29. The van der Waals surface area contributed by atoms with Crippen molar-refractivity contribution >= 4 is 17.4 Å². The van der Waals surface area contributed by atoms with Crippen molar-refractivity contribution in [3.05, 3.63) is 30.3 Å². The van der Waals surface area contributed by atoms with E-state index in [1.807, 2.05) is 17.8 Å². The van der Waals surface area contributed by atoms with Crippen LogP contribution in [-0.4, -0.2) is 31.1 Å². The molecule has 1 aromatic carbocycles. The molecule has 0 heterocycles. The lowest BCUT2D eigenvalue weighted by atomic mass is 10.1. The minimum absolute atomic E-state index is 0.446. The van der Waals surface area contributed by atoms with Crippen molar-refractivity contribution in [1.29, 1.82) is 0 Å². The molecule has 0 aliphatic heterocycles. The standard InChI is InChI=1S/C13H22N2S/c1-3-16-10-9-13(11-14)15(2)12-7-5-4-6-8-12/h4-8,13H,3,9-11,14H2,1-2H3. The second-order valence-electron chi connectivity index (χ2n) is 3.82. The van der Waals surface area contributed by atoms with Crippen molar-refractivity contribution in [1.82, 2.24) is 0 Å². The quantitative estimate of drug-likeness (QED) is 0.740. The summed E-state index contributed by atoms with van der Waals surface area (Å²) in [6.07, 6.45) is 1.15. The number of anilines is 1. The zero-order valence-corrected chi connectivity index (χ0v) is 11.0. The molecule has 1 rings (SSSR count). The Morgan fingerprint density at radius 2 is 2.00 bits per heavy atom. The van der Waals surface area contributed by atoms with Gasteiger partial charge in [0.25, 0.3) is 0 Å². The van der Waals surface area contributed by atoms with Crippen molar-refractivity contribution in [2.24, 2.45) is 5.73 Å². The van der Waals surface area contributed by atoms with E-state index in [2.05, 4.69) is 43.1 Å². The highest BCUT2D eigenvalue weighted by molar-refractivity contribution is 7.99. The second kappa shape index (κ2) is 7.58. The first-order valence-corrected chi connectivity index (χ1v) is 7.00. The van der Waals surface area contributed by atoms with E-state index in [4.69, 9.17) is 5.73 Å². The van der Waals surface area contributed by atoms with Gasteiger partial charge in [-0.1, -0.05) is 25.1 Å². The van der Waals surface area contributed by atoms with Gasteiger partial charge in [0.15, 0.2) is 0 Å². The molecular formula is C13H22N2S. The molecule has 2 nitrogen and oxygen atoms in total. The molecule has 1 aromatic rings. The van der Waals surface area contributed by atoms with E-state index >= 15 is 0 Å².